The van der Waals surface area contributed by atoms with E-state index in [-0.39, 0.29) is 11.9 Å². The topological polar surface area (TPSA) is 66.8 Å². The molecule has 130 valence electrons. The van der Waals surface area contributed by atoms with Gasteiger partial charge in [-0.2, -0.15) is 0 Å². The van der Waals surface area contributed by atoms with Crippen LogP contribution in [0.15, 0.2) is 0 Å². The fourth-order valence-electron chi connectivity index (χ4n) is 4.75. The van der Waals surface area contributed by atoms with Gasteiger partial charge < -0.3 is 14.7 Å². The number of ether oxygens (including phenoxy) is 1. The molecule has 2 aliphatic heterocycles. The zero-order valence-corrected chi connectivity index (χ0v) is 13.9. The second-order valence-electron chi connectivity index (χ2n) is 7.45. The number of aliphatic carboxylic acids is 1. The summed E-state index contributed by atoms with van der Waals surface area (Å²) in [6.45, 7) is 1.69. The van der Waals surface area contributed by atoms with E-state index in [4.69, 9.17) is 4.74 Å². The predicted octanol–water partition coefficient (Wildman–Crippen LogP) is 2.83. The summed E-state index contributed by atoms with van der Waals surface area (Å²) in [4.78, 5) is 26.0. The van der Waals surface area contributed by atoms with Crippen LogP contribution in [0.1, 0.15) is 64.2 Å². The first-order valence-corrected chi connectivity index (χ1v) is 9.28. The lowest BCUT2D eigenvalue weighted by Gasteiger charge is -2.33. The third kappa shape index (κ3) is 3.87. The van der Waals surface area contributed by atoms with Crippen molar-refractivity contribution < 1.29 is 19.4 Å². The van der Waals surface area contributed by atoms with Crippen LogP contribution in [0.5, 0.6) is 0 Å². The highest BCUT2D eigenvalue weighted by Gasteiger charge is 2.47. The molecule has 1 aliphatic carbocycles. The van der Waals surface area contributed by atoms with Crippen molar-refractivity contribution in [2.24, 2.45) is 11.8 Å². The normalized spacial score (nSPS) is 31.8. The number of carboxylic acid groups (broad SMARTS) is 1. The molecule has 0 aromatic rings. The Hall–Kier alpha value is -1.10. The van der Waals surface area contributed by atoms with Gasteiger partial charge in [-0.3, -0.25) is 4.79 Å². The molecule has 0 aromatic heterocycles. The van der Waals surface area contributed by atoms with E-state index < -0.39 is 12.0 Å². The van der Waals surface area contributed by atoms with Crippen molar-refractivity contribution >= 4 is 11.9 Å². The molecular weight excluding hydrogens is 294 g/mol. The second kappa shape index (κ2) is 7.65. The molecule has 3 aliphatic rings. The summed E-state index contributed by atoms with van der Waals surface area (Å²) >= 11 is 0. The van der Waals surface area contributed by atoms with Gasteiger partial charge in [-0.25, -0.2) is 4.79 Å². The van der Waals surface area contributed by atoms with Crippen LogP contribution in [-0.2, 0) is 14.3 Å². The number of hydrogen-bond donors (Lipinski definition) is 1. The van der Waals surface area contributed by atoms with Gasteiger partial charge in [0.15, 0.2) is 0 Å². The molecule has 1 amide bonds. The van der Waals surface area contributed by atoms with Crippen molar-refractivity contribution in [3.63, 3.8) is 0 Å². The average Bonchev–Trinajstić information content (AvgIpc) is 2.95. The highest BCUT2D eigenvalue weighted by atomic mass is 16.5. The summed E-state index contributed by atoms with van der Waals surface area (Å²) in [5.74, 6) is 0.327. The molecule has 3 fully saturated rings. The van der Waals surface area contributed by atoms with Crippen molar-refractivity contribution in [3.8, 4) is 0 Å². The molecule has 2 heterocycles. The van der Waals surface area contributed by atoms with E-state index in [9.17, 15) is 14.7 Å². The number of rotatable bonds is 5. The molecule has 5 nitrogen and oxygen atoms in total. The van der Waals surface area contributed by atoms with E-state index in [2.05, 4.69) is 0 Å². The smallest absolute Gasteiger partial charge is 0.326 e. The number of amides is 1. The minimum Gasteiger partial charge on any atom is -0.480 e. The van der Waals surface area contributed by atoms with Crippen molar-refractivity contribution in [2.45, 2.75) is 76.3 Å². The fourth-order valence-corrected chi connectivity index (χ4v) is 4.75. The number of carbonyl (C=O) groups excluding carboxylic acids is 1. The maximum absolute atomic E-state index is 12.7. The van der Waals surface area contributed by atoms with Crippen LogP contribution in [0.2, 0.25) is 0 Å². The first kappa shape index (κ1) is 16.7. The molecule has 3 unspecified atom stereocenters. The molecule has 0 spiro atoms. The van der Waals surface area contributed by atoms with Gasteiger partial charge in [-0.15, -0.1) is 0 Å². The predicted molar refractivity (Wildman–Crippen MR) is 86.0 cm³/mol. The largest absolute Gasteiger partial charge is 0.480 e. The first-order valence-electron chi connectivity index (χ1n) is 9.28. The Bertz CT molecular complexity index is 433. The first-order chi connectivity index (χ1) is 11.2. The van der Waals surface area contributed by atoms with Gasteiger partial charge in [-0.05, 0) is 56.8 Å². The van der Waals surface area contributed by atoms with Crippen LogP contribution in [0.25, 0.3) is 0 Å². The van der Waals surface area contributed by atoms with Crippen molar-refractivity contribution in [1.29, 1.82) is 0 Å². The summed E-state index contributed by atoms with van der Waals surface area (Å²) in [6, 6.07) is -0.404. The Morgan fingerprint density at radius 1 is 1.09 bits per heavy atom. The lowest BCUT2D eigenvalue weighted by atomic mass is 9.84. The van der Waals surface area contributed by atoms with Gasteiger partial charge in [0, 0.05) is 25.7 Å². The van der Waals surface area contributed by atoms with Crippen LogP contribution >= 0.6 is 0 Å². The van der Waals surface area contributed by atoms with E-state index >= 15 is 0 Å². The molecule has 1 saturated carbocycles. The Morgan fingerprint density at radius 3 is 2.57 bits per heavy atom. The second-order valence-corrected chi connectivity index (χ2v) is 7.45. The van der Waals surface area contributed by atoms with Gasteiger partial charge in [0.25, 0.3) is 0 Å². The maximum atomic E-state index is 12.7. The van der Waals surface area contributed by atoms with Crippen LogP contribution in [0.3, 0.4) is 0 Å². The molecule has 1 N–H and O–H groups in total. The van der Waals surface area contributed by atoms with Crippen LogP contribution < -0.4 is 0 Å². The summed E-state index contributed by atoms with van der Waals surface area (Å²) in [6.07, 6.45) is 9.67. The molecule has 3 rings (SSSR count). The number of hydrogen-bond acceptors (Lipinski definition) is 3. The summed E-state index contributed by atoms with van der Waals surface area (Å²) in [5.41, 5.74) is 0. The van der Waals surface area contributed by atoms with Gasteiger partial charge in [0.05, 0.1) is 0 Å². The lowest BCUT2D eigenvalue weighted by molar-refractivity contribution is -0.150. The molecule has 5 heteroatoms. The minimum atomic E-state index is -0.822. The summed E-state index contributed by atoms with van der Waals surface area (Å²) < 4.78 is 5.37. The van der Waals surface area contributed by atoms with E-state index in [1.807, 2.05) is 0 Å². The van der Waals surface area contributed by atoms with E-state index in [0.717, 1.165) is 58.2 Å². The SMILES string of the molecule is O=C(O)C1CC2CCCCC2N1C(=O)CCCC1CCOCC1. The Kier molecular flexibility index (Phi) is 5.57. The summed E-state index contributed by atoms with van der Waals surface area (Å²) in [7, 11) is 0. The standard InChI is InChI=1S/C18H29NO4/c20-17(7-3-4-13-8-10-23-11-9-13)19-15-6-2-1-5-14(15)12-16(19)18(21)22/h13-16H,1-12H2,(H,21,22). The van der Waals surface area contributed by atoms with Crippen molar-refractivity contribution in [2.75, 3.05) is 13.2 Å². The third-order valence-electron chi connectivity index (χ3n) is 6.00. The Balaban J connectivity index is 1.54. The molecule has 0 bridgehead atoms. The number of nitrogens with zero attached hydrogens (tertiary/aromatic N) is 1. The Labute approximate surface area is 138 Å². The molecule has 2 saturated heterocycles. The van der Waals surface area contributed by atoms with Gasteiger partial charge in [-0.1, -0.05) is 12.8 Å². The van der Waals surface area contributed by atoms with Crippen LogP contribution in [0.4, 0.5) is 0 Å². The highest BCUT2D eigenvalue weighted by Crippen LogP contribution is 2.40. The van der Waals surface area contributed by atoms with Gasteiger partial charge in [0.1, 0.15) is 6.04 Å². The zero-order chi connectivity index (χ0) is 16.2. The minimum absolute atomic E-state index is 0.0684. The number of fused-ring (bicyclic) bond motifs is 1. The molecule has 3 atom stereocenters. The molecule has 0 radical (unpaired) electrons. The Morgan fingerprint density at radius 2 is 1.83 bits per heavy atom. The molecular formula is C18H29NO4. The van der Waals surface area contributed by atoms with Gasteiger partial charge in [0.2, 0.25) is 5.91 Å². The van der Waals surface area contributed by atoms with Gasteiger partial charge >= 0.3 is 5.97 Å². The lowest BCUT2D eigenvalue weighted by Crippen LogP contribution is -2.46. The monoisotopic (exact) mass is 323 g/mol. The van der Waals surface area contributed by atoms with Crippen LogP contribution in [0, 0.1) is 11.8 Å². The average molecular weight is 323 g/mol. The van der Waals surface area contributed by atoms with E-state index in [0.29, 0.717) is 24.7 Å². The summed E-state index contributed by atoms with van der Waals surface area (Å²) in [5, 5.41) is 9.50. The van der Waals surface area contributed by atoms with Crippen molar-refractivity contribution in [1.82, 2.24) is 4.90 Å². The third-order valence-corrected chi connectivity index (χ3v) is 6.00. The van der Waals surface area contributed by atoms with Crippen LogP contribution in [-0.4, -0.2) is 47.2 Å². The highest BCUT2D eigenvalue weighted by molar-refractivity contribution is 5.84. The van der Waals surface area contributed by atoms with E-state index in [1.54, 1.807) is 4.90 Å². The number of carbonyl (C=O) groups is 2. The number of likely N-dealkylation sites (tertiary alicyclic amines) is 1. The zero-order valence-electron chi connectivity index (χ0n) is 13.9. The molecule has 23 heavy (non-hydrogen) atoms. The quantitative estimate of drug-likeness (QED) is 0.845. The fraction of sp³-hybridized carbons (Fsp3) is 0.889. The number of carboxylic acids is 1. The van der Waals surface area contributed by atoms with Crippen molar-refractivity contribution in [3.05, 3.63) is 0 Å². The maximum Gasteiger partial charge on any atom is 0.326 e. The van der Waals surface area contributed by atoms with E-state index in [1.165, 1.54) is 6.42 Å². The molecule has 0 aromatic carbocycles.